The standard InChI is InChI=1S/C15H13F3N2O2/c1-8-7-12(21)22-14(20-8,15(16,17)18)13-9(2)19-11-6-4-3-5-10(11)13/h3-7,19-20H,1-2H3. The van der Waals surface area contributed by atoms with E-state index in [1.54, 1.807) is 24.3 Å². The average Bonchev–Trinajstić information content (AvgIpc) is 2.72. The van der Waals surface area contributed by atoms with Crippen LogP contribution in [0, 0.1) is 6.92 Å². The number of rotatable bonds is 1. The first kappa shape index (κ1) is 14.5. The second-order valence-corrected chi connectivity index (χ2v) is 5.22. The number of esters is 1. The number of alkyl halides is 3. The SMILES string of the molecule is CC1=CC(=O)OC(c2c(C)[nH]c3ccccc23)(C(F)(F)F)N1. The fourth-order valence-corrected chi connectivity index (χ4v) is 2.81. The van der Waals surface area contributed by atoms with Gasteiger partial charge in [-0.2, -0.15) is 13.2 Å². The molecule has 0 fully saturated rings. The summed E-state index contributed by atoms with van der Waals surface area (Å²) in [5, 5.41) is 2.66. The predicted molar refractivity (Wildman–Crippen MR) is 73.8 cm³/mol. The van der Waals surface area contributed by atoms with Gasteiger partial charge in [0.2, 0.25) is 0 Å². The molecule has 2 aromatic rings. The van der Waals surface area contributed by atoms with Gasteiger partial charge in [0.25, 0.3) is 0 Å². The van der Waals surface area contributed by atoms with Gasteiger partial charge in [-0.15, -0.1) is 0 Å². The lowest BCUT2D eigenvalue weighted by Crippen LogP contribution is -2.58. The maximum absolute atomic E-state index is 13.8. The lowest BCUT2D eigenvalue weighted by molar-refractivity contribution is -0.285. The van der Waals surface area contributed by atoms with Crippen molar-refractivity contribution >= 4 is 16.9 Å². The number of fused-ring (bicyclic) bond motifs is 1. The summed E-state index contributed by atoms with van der Waals surface area (Å²) in [7, 11) is 0. The van der Waals surface area contributed by atoms with Crippen molar-refractivity contribution in [3.05, 3.63) is 47.3 Å². The summed E-state index contributed by atoms with van der Waals surface area (Å²) in [4.78, 5) is 14.5. The average molecular weight is 310 g/mol. The Labute approximate surface area is 124 Å². The maximum atomic E-state index is 13.8. The van der Waals surface area contributed by atoms with Crippen LogP contribution in [0.25, 0.3) is 10.9 Å². The Morgan fingerprint density at radius 1 is 1.18 bits per heavy atom. The molecule has 2 heterocycles. The molecule has 1 unspecified atom stereocenters. The number of aromatic amines is 1. The zero-order valence-electron chi connectivity index (χ0n) is 11.8. The van der Waals surface area contributed by atoms with Crippen LogP contribution in [0.1, 0.15) is 18.2 Å². The number of nitrogens with one attached hydrogen (secondary N) is 2. The summed E-state index contributed by atoms with van der Waals surface area (Å²) >= 11 is 0. The van der Waals surface area contributed by atoms with E-state index in [1.165, 1.54) is 13.8 Å². The minimum atomic E-state index is -4.83. The van der Waals surface area contributed by atoms with Gasteiger partial charge in [-0.3, -0.25) is 0 Å². The molecule has 0 saturated heterocycles. The highest BCUT2D eigenvalue weighted by Gasteiger charge is 2.62. The zero-order valence-corrected chi connectivity index (χ0v) is 11.8. The summed E-state index contributed by atoms with van der Waals surface area (Å²) in [5.41, 5.74) is -2.10. The Morgan fingerprint density at radius 3 is 2.50 bits per heavy atom. The first-order valence-electron chi connectivity index (χ1n) is 6.58. The van der Waals surface area contributed by atoms with E-state index in [-0.39, 0.29) is 17.0 Å². The van der Waals surface area contributed by atoms with Crippen LogP contribution in [-0.2, 0) is 15.3 Å². The molecule has 4 nitrogen and oxygen atoms in total. The predicted octanol–water partition coefficient (Wildman–Crippen LogP) is 3.24. The molecule has 116 valence electrons. The second-order valence-electron chi connectivity index (χ2n) is 5.22. The van der Waals surface area contributed by atoms with Crippen molar-refractivity contribution in [2.75, 3.05) is 0 Å². The molecule has 1 atom stereocenters. The Morgan fingerprint density at radius 2 is 1.86 bits per heavy atom. The summed E-state index contributed by atoms with van der Waals surface area (Å²) in [5.74, 6) is -1.03. The molecule has 3 rings (SSSR count). The lowest BCUT2D eigenvalue weighted by Gasteiger charge is -2.39. The monoisotopic (exact) mass is 310 g/mol. The van der Waals surface area contributed by atoms with Gasteiger partial charge >= 0.3 is 17.9 Å². The van der Waals surface area contributed by atoms with E-state index in [9.17, 15) is 18.0 Å². The third-order valence-electron chi connectivity index (χ3n) is 3.61. The molecule has 7 heteroatoms. The number of ether oxygens (including phenoxy) is 1. The van der Waals surface area contributed by atoms with Crippen molar-refractivity contribution in [3.8, 4) is 0 Å². The van der Waals surface area contributed by atoms with Crippen LogP contribution in [0.5, 0.6) is 0 Å². The molecule has 0 amide bonds. The van der Waals surface area contributed by atoms with E-state index < -0.39 is 17.9 Å². The van der Waals surface area contributed by atoms with Crippen molar-refractivity contribution in [2.24, 2.45) is 0 Å². The molecule has 0 aliphatic carbocycles. The van der Waals surface area contributed by atoms with Crippen molar-refractivity contribution in [1.29, 1.82) is 0 Å². The first-order valence-corrected chi connectivity index (χ1v) is 6.58. The summed E-state index contributed by atoms with van der Waals surface area (Å²) in [6.07, 6.45) is -3.83. The van der Waals surface area contributed by atoms with Crippen LogP contribution in [0.2, 0.25) is 0 Å². The van der Waals surface area contributed by atoms with E-state index in [0.29, 0.717) is 10.9 Å². The number of carbonyl (C=O) groups excluding carboxylic acids is 1. The molecule has 1 aromatic heterocycles. The highest BCUT2D eigenvalue weighted by molar-refractivity contribution is 5.88. The van der Waals surface area contributed by atoms with Crippen LogP contribution in [0.4, 0.5) is 13.2 Å². The topological polar surface area (TPSA) is 54.1 Å². The number of para-hydroxylation sites is 1. The van der Waals surface area contributed by atoms with Crippen LogP contribution in [-0.4, -0.2) is 17.1 Å². The molecule has 1 aliphatic rings. The Kier molecular flexibility index (Phi) is 2.98. The summed E-state index contributed by atoms with van der Waals surface area (Å²) < 4.78 is 46.3. The van der Waals surface area contributed by atoms with Crippen molar-refractivity contribution in [2.45, 2.75) is 25.7 Å². The fraction of sp³-hybridized carbons (Fsp3) is 0.267. The van der Waals surface area contributed by atoms with Gasteiger partial charge in [0.1, 0.15) is 0 Å². The Bertz CT molecular complexity index is 792. The van der Waals surface area contributed by atoms with E-state index in [4.69, 9.17) is 4.74 Å². The number of aryl methyl sites for hydroxylation is 1. The number of hydrogen-bond acceptors (Lipinski definition) is 3. The third-order valence-corrected chi connectivity index (χ3v) is 3.61. The van der Waals surface area contributed by atoms with E-state index in [2.05, 4.69) is 10.3 Å². The molecule has 2 N–H and O–H groups in total. The number of aromatic nitrogens is 1. The van der Waals surface area contributed by atoms with Crippen molar-refractivity contribution in [3.63, 3.8) is 0 Å². The van der Waals surface area contributed by atoms with Gasteiger partial charge in [0.15, 0.2) is 0 Å². The van der Waals surface area contributed by atoms with Crippen LogP contribution >= 0.6 is 0 Å². The minimum Gasteiger partial charge on any atom is -0.421 e. The largest absolute Gasteiger partial charge is 0.453 e. The highest BCUT2D eigenvalue weighted by atomic mass is 19.4. The van der Waals surface area contributed by atoms with Gasteiger partial charge in [-0.05, 0) is 19.9 Å². The molecule has 22 heavy (non-hydrogen) atoms. The number of halogens is 3. The molecule has 0 saturated carbocycles. The van der Waals surface area contributed by atoms with E-state index in [0.717, 1.165) is 6.08 Å². The minimum absolute atomic E-state index is 0.0956. The quantitative estimate of drug-likeness (QED) is 0.795. The Hall–Kier alpha value is -2.44. The molecular weight excluding hydrogens is 297 g/mol. The van der Waals surface area contributed by atoms with Gasteiger partial charge in [0.05, 0.1) is 5.56 Å². The summed E-state index contributed by atoms with van der Waals surface area (Å²) in [6, 6.07) is 6.58. The van der Waals surface area contributed by atoms with Gasteiger partial charge in [0, 0.05) is 28.4 Å². The number of cyclic esters (lactones) is 1. The fourth-order valence-electron chi connectivity index (χ4n) is 2.81. The first-order chi connectivity index (χ1) is 10.2. The molecule has 1 aromatic carbocycles. The number of H-pyrrole nitrogens is 1. The smallest absolute Gasteiger partial charge is 0.421 e. The normalized spacial score (nSPS) is 22.2. The third kappa shape index (κ3) is 1.96. The van der Waals surface area contributed by atoms with Crippen LogP contribution in [0.15, 0.2) is 36.0 Å². The summed E-state index contributed by atoms with van der Waals surface area (Å²) in [6.45, 7) is 2.91. The second kappa shape index (κ2) is 4.53. The van der Waals surface area contributed by atoms with Crippen molar-refractivity contribution in [1.82, 2.24) is 10.3 Å². The number of hydrogen-bond donors (Lipinski definition) is 2. The highest BCUT2D eigenvalue weighted by Crippen LogP contribution is 2.46. The molecular formula is C15H13F3N2O2. The number of benzene rings is 1. The molecule has 0 radical (unpaired) electrons. The van der Waals surface area contributed by atoms with Gasteiger partial charge < -0.3 is 15.0 Å². The van der Waals surface area contributed by atoms with Gasteiger partial charge in [-0.1, -0.05) is 18.2 Å². The molecule has 0 spiro atoms. The zero-order chi connectivity index (χ0) is 16.1. The van der Waals surface area contributed by atoms with Crippen LogP contribution < -0.4 is 5.32 Å². The molecule has 1 aliphatic heterocycles. The van der Waals surface area contributed by atoms with E-state index in [1.807, 2.05) is 0 Å². The lowest BCUT2D eigenvalue weighted by atomic mass is 9.96. The number of allylic oxidation sites excluding steroid dienone is 1. The molecule has 0 bridgehead atoms. The number of carbonyl (C=O) groups is 1. The van der Waals surface area contributed by atoms with Crippen molar-refractivity contribution < 1.29 is 22.7 Å². The maximum Gasteiger partial charge on any atom is 0.453 e. The van der Waals surface area contributed by atoms with E-state index >= 15 is 0 Å². The van der Waals surface area contributed by atoms with Crippen LogP contribution in [0.3, 0.4) is 0 Å². The van der Waals surface area contributed by atoms with Gasteiger partial charge in [-0.25, -0.2) is 4.79 Å². The Balaban J connectivity index is 2.34.